The van der Waals surface area contributed by atoms with Crippen molar-refractivity contribution in [3.63, 3.8) is 0 Å². The van der Waals surface area contributed by atoms with Crippen LogP contribution in [0.25, 0.3) is 0 Å². The van der Waals surface area contributed by atoms with Gasteiger partial charge in [-0.1, -0.05) is 0 Å². The van der Waals surface area contributed by atoms with Gasteiger partial charge in [0.25, 0.3) is 0 Å². The first-order chi connectivity index (χ1) is 5.85. The summed E-state index contributed by atoms with van der Waals surface area (Å²) in [5, 5.41) is 2.48. The molecule has 1 atom stereocenters. The molecule has 0 aliphatic heterocycles. The van der Waals surface area contributed by atoms with Gasteiger partial charge < -0.3 is 11.1 Å². The molecule has 0 aliphatic rings. The molecule has 0 spiro atoms. The van der Waals surface area contributed by atoms with Crippen molar-refractivity contribution in [2.75, 3.05) is 18.6 Å². The van der Waals surface area contributed by atoms with E-state index in [1.807, 2.05) is 13.8 Å². The highest BCUT2D eigenvalue weighted by Gasteiger charge is 2.15. The summed E-state index contributed by atoms with van der Waals surface area (Å²) in [5.41, 5.74) is 5.26. The molecule has 5 heteroatoms. The fraction of sp³-hybridized carbons (Fsp3) is 0.875. The van der Waals surface area contributed by atoms with Crippen molar-refractivity contribution in [2.24, 2.45) is 5.73 Å². The van der Waals surface area contributed by atoms with Gasteiger partial charge in [0, 0.05) is 41.3 Å². The molecular formula is C8H18N2O2S. The Kier molecular flexibility index (Phi) is 5.17. The van der Waals surface area contributed by atoms with Crippen molar-refractivity contribution in [1.29, 1.82) is 0 Å². The lowest BCUT2D eigenvalue weighted by Crippen LogP contribution is -2.39. The Labute approximate surface area is 81.7 Å². The Morgan fingerprint density at radius 1 is 1.54 bits per heavy atom. The zero-order valence-corrected chi connectivity index (χ0v) is 9.24. The van der Waals surface area contributed by atoms with Gasteiger partial charge in [0.1, 0.15) is 0 Å². The van der Waals surface area contributed by atoms with Crippen LogP contribution in [-0.4, -0.2) is 34.2 Å². The Morgan fingerprint density at radius 3 is 2.46 bits per heavy atom. The van der Waals surface area contributed by atoms with Crippen molar-refractivity contribution in [1.82, 2.24) is 5.32 Å². The van der Waals surface area contributed by atoms with Crippen LogP contribution in [0.1, 0.15) is 20.3 Å². The van der Waals surface area contributed by atoms with E-state index in [1.165, 1.54) is 0 Å². The second-order valence-corrected chi connectivity index (χ2v) is 5.28. The molecule has 0 aliphatic carbocycles. The maximum absolute atomic E-state index is 11.3. The molecule has 1 amide bonds. The fourth-order valence-corrected chi connectivity index (χ4v) is 2.21. The molecule has 0 aromatic rings. The third kappa shape index (κ3) is 7.93. The van der Waals surface area contributed by atoms with Crippen LogP contribution in [0.15, 0.2) is 0 Å². The molecule has 4 nitrogen and oxygen atoms in total. The SMILES string of the molecule is CNC(=O)CCS(=O)CC(C)(C)N. The Hall–Kier alpha value is -0.420. The highest BCUT2D eigenvalue weighted by atomic mass is 32.2. The van der Waals surface area contributed by atoms with Crippen LogP contribution in [0.5, 0.6) is 0 Å². The van der Waals surface area contributed by atoms with Crippen LogP contribution >= 0.6 is 0 Å². The van der Waals surface area contributed by atoms with E-state index >= 15 is 0 Å². The molecule has 0 aromatic carbocycles. The first-order valence-corrected chi connectivity index (χ1v) is 5.68. The highest BCUT2D eigenvalue weighted by molar-refractivity contribution is 7.85. The number of nitrogens with one attached hydrogen (secondary N) is 1. The van der Waals surface area contributed by atoms with Crippen molar-refractivity contribution in [3.8, 4) is 0 Å². The number of carbonyl (C=O) groups excluding carboxylic acids is 1. The Balaban J connectivity index is 3.71. The second kappa shape index (κ2) is 5.34. The maximum Gasteiger partial charge on any atom is 0.220 e. The van der Waals surface area contributed by atoms with E-state index in [9.17, 15) is 9.00 Å². The molecule has 0 radical (unpaired) electrons. The topological polar surface area (TPSA) is 72.2 Å². The van der Waals surface area contributed by atoms with Gasteiger partial charge in [-0.2, -0.15) is 0 Å². The molecule has 3 N–H and O–H groups in total. The number of carbonyl (C=O) groups is 1. The van der Waals surface area contributed by atoms with Gasteiger partial charge in [-0.25, -0.2) is 0 Å². The minimum absolute atomic E-state index is 0.0804. The Morgan fingerprint density at radius 2 is 2.08 bits per heavy atom. The summed E-state index contributed by atoms with van der Waals surface area (Å²) in [4.78, 5) is 10.8. The van der Waals surface area contributed by atoms with Crippen molar-refractivity contribution >= 4 is 16.7 Å². The number of hydrogen-bond donors (Lipinski definition) is 2. The third-order valence-electron chi connectivity index (χ3n) is 1.37. The molecular weight excluding hydrogens is 188 g/mol. The highest BCUT2D eigenvalue weighted by Crippen LogP contribution is 2.00. The average Bonchev–Trinajstić information content (AvgIpc) is 1.97. The molecule has 1 unspecified atom stereocenters. The van der Waals surface area contributed by atoms with Crippen LogP contribution in [0.2, 0.25) is 0 Å². The van der Waals surface area contributed by atoms with E-state index < -0.39 is 16.3 Å². The predicted octanol–water partition coefficient (Wildman–Crippen LogP) is -0.391. The largest absolute Gasteiger partial charge is 0.359 e. The van der Waals surface area contributed by atoms with Crippen LogP contribution in [0.3, 0.4) is 0 Å². The molecule has 0 saturated carbocycles. The molecule has 0 aromatic heterocycles. The van der Waals surface area contributed by atoms with Crippen LogP contribution < -0.4 is 11.1 Å². The van der Waals surface area contributed by atoms with Crippen molar-refractivity contribution < 1.29 is 9.00 Å². The van der Waals surface area contributed by atoms with E-state index in [1.54, 1.807) is 7.05 Å². The standard InChI is InChI=1S/C8H18N2O2S/c1-8(2,9)6-13(12)5-4-7(11)10-3/h4-6,9H2,1-3H3,(H,10,11). The minimum atomic E-state index is -0.998. The van der Waals surface area contributed by atoms with E-state index in [4.69, 9.17) is 5.73 Å². The molecule has 0 fully saturated rings. The van der Waals surface area contributed by atoms with Gasteiger partial charge in [0.05, 0.1) is 0 Å². The lowest BCUT2D eigenvalue weighted by atomic mass is 10.1. The third-order valence-corrected chi connectivity index (χ3v) is 3.09. The van der Waals surface area contributed by atoms with E-state index in [-0.39, 0.29) is 5.91 Å². The van der Waals surface area contributed by atoms with E-state index in [0.29, 0.717) is 17.9 Å². The second-order valence-electron chi connectivity index (χ2n) is 3.70. The van der Waals surface area contributed by atoms with Crippen molar-refractivity contribution in [2.45, 2.75) is 25.8 Å². The van der Waals surface area contributed by atoms with Gasteiger partial charge in [-0.15, -0.1) is 0 Å². The van der Waals surface area contributed by atoms with E-state index in [2.05, 4.69) is 5.32 Å². The lowest BCUT2D eigenvalue weighted by molar-refractivity contribution is -0.120. The summed E-state index contributed by atoms with van der Waals surface area (Å²) in [6.45, 7) is 3.65. The normalized spacial score (nSPS) is 13.8. The molecule has 0 heterocycles. The first-order valence-electron chi connectivity index (χ1n) is 4.19. The summed E-state index contributed by atoms with van der Waals surface area (Å²) in [5.74, 6) is 0.743. The van der Waals surface area contributed by atoms with Crippen LogP contribution in [0, 0.1) is 0 Å². The lowest BCUT2D eigenvalue weighted by Gasteiger charge is -2.17. The van der Waals surface area contributed by atoms with Gasteiger partial charge in [-0.05, 0) is 13.8 Å². The van der Waals surface area contributed by atoms with Gasteiger partial charge in [0.2, 0.25) is 5.91 Å². The fourth-order valence-electron chi connectivity index (χ4n) is 0.819. The number of hydrogen-bond acceptors (Lipinski definition) is 3. The van der Waals surface area contributed by atoms with Gasteiger partial charge >= 0.3 is 0 Å². The zero-order valence-electron chi connectivity index (χ0n) is 8.42. The number of nitrogens with two attached hydrogens (primary N) is 1. The first kappa shape index (κ1) is 12.6. The zero-order chi connectivity index (χ0) is 10.5. The van der Waals surface area contributed by atoms with Gasteiger partial charge in [0.15, 0.2) is 0 Å². The minimum Gasteiger partial charge on any atom is -0.359 e. The monoisotopic (exact) mass is 206 g/mol. The molecule has 0 saturated heterocycles. The number of amides is 1. The van der Waals surface area contributed by atoms with Crippen LogP contribution in [-0.2, 0) is 15.6 Å². The summed E-state index contributed by atoms with van der Waals surface area (Å²) in [6, 6.07) is 0. The molecule has 13 heavy (non-hydrogen) atoms. The predicted molar refractivity (Wildman–Crippen MR) is 54.8 cm³/mol. The van der Waals surface area contributed by atoms with Gasteiger partial charge in [-0.3, -0.25) is 9.00 Å². The van der Waals surface area contributed by atoms with E-state index in [0.717, 1.165) is 0 Å². The summed E-state index contributed by atoms with van der Waals surface area (Å²) >= 11 is 0. The summed E-state index contributed by atoms with van der Waals surface area (Å²) in [7, 11) is 0.570. The molecule has 78 valence electrons. The molecule has 0 bridgehead atoms. The van der Waals surface area contributed by atoms with Crippen molar-refractivity contribution in [3.05, 3.63) is 0 Å². The smallest absolute Gasteiger partial charge is 0.220 e. The maximum atomic E-state index is 11.3. The summed E-state index contributed by atoms with van der Waals surface area (Å²) < 4.78 is 11.3. The quantitative estimate of drug-likeness (QED) is 0.643. The average molecular weight is 206 g/mol. The van der Waals surface area contributed by atoms with Crippen LogP contribution in [0.4, 0.5) is 0 Å². The number of rotatable bonds is 5. The molecule has 0 rings (SSSR count). The Bertz CT molecular complexity index is 199. The summed E-state index contributed by atoms with van der Waals surface area (Å²) in [6.07, 6.45) is 0.305.